The van der Waals surface area contributed by atoms with Crippen LogP contribution < -0.4 is 5.32 Å². The van der Waals surface area contributed by atoms with Crippen molar-refractivity contribution in [3.05, 3.63) is 22.4 Å². The summed E-state index contributed by atoms with van der Waals surface area (Å²) in [5.41, 5.74) is 1.78. The predicted octanol–water partition coefficient (Wildman–Crippen LogP) is 3.95. The summed E-state index contributed by atoms with van der Waals surface area (Å²) in [6, 6.07) is 2.14. The summed E-state index contributed by atoms with van der Waals surface area (Å²) in [5.74, 6) is 1.04. The smallest absolute Gasteiger partial charge is 0.194 e. The monoisotopic (exact) mass is 407 g/mol. The van der Waals surface area contributed by atoms with Gasteiger partial charge in [0.25, 0.3) is 0 Å². The molecule has 1 N–H and O–H groups in total. The van der Waals surface area contributed by atoms with Crippen LogP contribution in [0.25, 0.3) is 0 Å². The second kappa shape index (κ2) is 6.64. The zero-order valence-electron chi connectivity index (χ0n) is 13.1. The minimum Gasteiger partial charge on any atom is -0.356 e. The van der Waals surface area contributed by atoms with E-state index in [1.54, 1.807) is 11.3 Å². The molecular weight excluding hydrogens is 381 g/mol. The minimum absolute atomic E-state index is 0. The largest absolute Gasteiger partial charge is 0.356 e. The Morgan fingerprint density at radius 3 is 2.55 bits per heavy atom. The Balaban J connectivity index is 0.00000200. The van der Waals surface area contributed by atoms with Gasteiger partial charge in [-0.3, -0.25) is 0 Å². The average molecular weight is 407 g/mol. The van der Waals surface area contributed by atoms with Gasteiger partial charge in [0.1, 0.15) is 0 Å². The molecule has 2 rings (SSSR count). The predicted molar refractivity (Wildman–Crippen MR) is 99.1 cm³/mol. The fourth-order valence-corrected chi connectivity index (χ4v) is 3.00. The molecule has 1 aliphatic heterocycles. The fraction of sp³-hybridized carbons (Fsp3) is 0.667. The van der Waals surface area contributed by atoms with Gasteiger partial charge in [0.15, 0.2) is 5.96 Å². The number of rotatable bonds is 3. The van der Waals surface area contributed by atoms with Crippen molar-refractivity contribution >= 4 is 41.3 Å². The summed E-state index contributed by atoms with van der Waals surface area (Å²) in [7, 11) is 0. The standard InChI is InChI=1S/C15H25N3S.HI/c1-6-16-13(17-9-12-7-8-19-10-12)18-11-14(2,3)15(18,4)5;/h7-8,10H,6,9,11H2,1-5H3,(H,16,17);1H. The van der Waals surface area contributed by atoms with Gasteiger partial charge in [-0.1, -0.05) is 13.8 Å². The summed E-state index contributed by atoms with van der Waals surface area (Å²) >= 11 is 1.73. The zero-order valence-corrected chi connectivity index (χ0v) is 16.2. The van der Waals surface area contributed by atoms with Crippen molar-refractivity contribution in [2.24, 2.45) is 10.4 Å². The molecule has 0 aliphatic carbocycles. The van der Waals surface area contributed by atoms with E-state index in [-0.39, 0.29) is 29.5 Å². The van der Waals surface area contributed by atoms with E-state index in [9.17, 15) is 0 Å². The van der Waals surface area contributed by atoms with Crippen molar-refractivity contribution in [1.29, 1.82) is 0 Å². The van der Waals surface area contributed by atoms with E-state index in [0.717, 1.165) is 25.6 Å². The second-order valence-corrected chi connectivity index (χ2v) is 7.11. The molecule has 0 aromatic carbocycles. The van der Waals surface area contributed by atoms with E-state index in [1.165, 1.54) is 5.56 Å². The zero-order chi connectivity index (χ0) is 14.1. The lowest BCUT2D eigenvalue weighted by Gasteiger charge is -2.62. The summed E-state index contributed by atoms with van der Waals surface area (Å²) in [4.78, 5) is 7.17. The van der Waals surface area contributed by atoms with E-state index in [0.29, 0.717) is 5.41 Å². The molecule has 0 atom stereocenters. The molecule has 0 amide bonds. The second-order valence-electron chi connectivity index (χ2n) is 6.33. The molecular formula is C15H26IN3S. The van der Waals surface area contributed by atoms with Crippen molar-refractivity contribution in [3.63, 3.8) is 0 Å². The molecule has 0 saturated carbocycles. The Hall–Kier alpha value is -0.300. The summed E-state index contributed by atoms with van der Waals surface area (Å²) < 4.78 is 0. The van der Waals surface area contributed by atoms with Crippen LogP contribution in [-0.4, -0.2) is 29.5 Å². The number of likely N-dealkylation sites (tertiary alicyclic amines) is 1. The average Bonchev–Trinajstić information content (AvgIpc) is 2.85. The maximum Gasteiger partial charge on any atom is 0.194 e. The number of hydrogen-bond donors (Lipinski definition) is 1. The lowest BCUT2D eigenvalue weighted by molar-refractivity contribution is -0.0667. The quantitative estimate of drug-likeness (QED) is 0.467. The van der Waals surface area contributed by atoms with Crippen LogP contribution in [0.15, 0.2) is 21.8 Å². The third-order valence-corrected chi connectivity index (χ3v) is 5.20. The molecule has 1 saturated heterocycles. The van der Waals surface area contributed by atoms with Gasteiger partial charge in [0, 0.05) is 24.0 Å². The van der Waals surface area contributed by atoms with Gasteiger partial charge >= 0.3 is 0 Å². The number of aliphatic imine (C=N–C) groups is 1. The molecule has 3 nitrogen and oxygen atoms in total. The van der Waals surface area contributed by atoms with Crippen LogP contribution in [0.4, 0.5) is 0 Å². The Morgan fingerprint density at radius 1 is 1.40 bits per heavy atom. The minimum atomic E-state index is 0. The van der Waals surface area contributed by atoms with E-state index < -0.39 is 0 Å². The first-order chi connectivity index (χ1) is 8.88. The number of hydrogen-bond acceptors (Lipinski definition) is 2. The molecule has 5 heteroatoms. The van der Waals surface area contributed by atoms with E-state index in [2.05, 4.69) is 61.7 Å². The molecule has 1 aromatic heterocycles. The fourth-order valence-electron chi connectivity index (χ4n) is 2.34. The number of guanidine groups is 1. The highest BCUT2D eigenvalue weighted by Crippen LogP contribution is 2.46. The number of thiophene rings is 1. The maximum absolute atomic E-state index is 4.78. The Kier molecular flexibility index (Phi) is 5.89. The number of nitrogens with zero attached hydrogens (tertiary/aromatic N) is 2. The van der Waals surface area contributed by atoms with Crippen LogP contribution in [0.2, 0.25) is 0 Å². The molecule has 0 unspecified atom stereocenters. The summed E-state index contributed by atoms with van der Waals surface area (Å²) in [6.07, 6.45) is 0. The van der Waals surface area contributed by atoms with E-state index in [4.69, 9.17) is 4.99 Å². The van der Waals surface area contributed by atoms with Gasteiger partial charge in [-0.15, -0.1) is 24.0 Å². The van der Waals surface area contributed by atoms with Crippen molar-refractivity contribution < 1.29 is 0 Å². The number of nitrogens with one attached hydrogen (secondary N) is 1. The Labute approximate surface area is 143 Å². The van der Waals surface area contributed by atoms with Crippen LogP contribution >= 0.6 is 35.3 Å². The van der Waals surface area contributed by atoms with E-state index in [1.807, 2.05) is 0 Å². The molecule has 114 valence electrons. The van der Waals surface area contributed by atoms with Gasteiger partial charge in [0.05, 0.1) is 6.54 Å². The highest BCUT2D eigenvalue weighted by atomic mass is 127. The molecule has 1 fully saturated rings. The highest BCUT2D eigenvalue weighted by Gasteiger charge is 2.53. The first-order valence-corrected chi connectivity index (χ1v) is 7.90. The third-order valence-electron chi connectivity index (χ3n) is 4.47. The van der Waals surface area contributed by atoms with Crippen LogP contribution in [0.1, 0.15) is 40.2 Å². The lowest BCUT2D eigenvalue weighted by atomic mass is 9.65. The summed E-state index contributed by atoms with van der Waals surface area (Å²) in [6.45, 7) is 14.1. The summed E-state index contributed by atoms with van der Waals surface area (Å²) in [5, 5.41) is 7.69. The van der Waals surface area contributed by atoms with Gasteiger partial charge in [-0.25, -0.2) is 4.99 Å². The van der Waals surface area contributed by atoms with Crippen LogP contribution in [0, 0.1) is 5.41 Å². The molecule has 1 aliphatic rings. The van der Waals surface area contributed by atoms with Gasteiger partial charge < -0.3 is 10.2 Å². The molecule has 1 aromatic rings. The molecule has 0 radical (unpaired) electrons. The SMILES string of the molecule is CCNC(=NCc1ccsc1)N1CC(C)(C)C1(C)C.I. The maximum atomic E-state index is 4.78. The van der Waals surface area contributed by atoms with Crippen LogP contribution in [0.5, 0.6) is 0 Å². The lowest BCUT2D eigenvalue weighted by Crippen LogP contribution is -2.72. The van der Waals surface area contributed by atoms with Gasteiger partial charge in [-0.05, 0) is 43.2 Å². The molecule has 0 bridgehead atoms. The van der Waals surface area contributed by atoms with Crippen molar-refractivity contribution in [1.82, 2.24) is 10.2 Å². The first kappa shape index (κ1) is 17.8. The Morgan fingerprint density at radius 2 is 2.10 bits per heavy atom. The van der Waals surface area contributed by atoms with Crippen LogP contribution in [-0.2, 0) is 6.54 Å². The molecule has 0 spiro atoms. The van der Waals surface area contributed by atoms with Crippen molar-refractivity contribution in [3.8, 4) is 0 Å². The highest BCUT2D eigenvalue weighted by molar-refractivity contribution is 14.0. The van der Waals surface area contributed by atoms with Crippen LogP contribution in [0.3, 0.4) is 0 Å². The third kappa shape index (κ3) is 3.30. The Bertz CT molecular complexity index is 452. The normalized spacial score (nSPS) is 20.1. The van der Waals surface area contributed by atoms with Gasteiger partial charge in [0.2, 0.25) is 0 Å². The van der Waals surface area contributed by atoms with Gasteiger partial charge in [-0.2, -0.15) is 11.3 Å². The molecule has 2 heterocycles. The first-order valence-electron chi connectivity index (χ1n) is 6.95. The van der Waals surface area contributed by atoms with E-state index >= 15 is 0 Å². The van der Waals surface area contributed by atoms with Crippen molar-refractivity contribution in [2.75, 3.05) is 13.1 Å². The number of halogens is 1. The molecule has 20 heavy (non-hydrogen) atoms. The van der Waals surface area contributed by atoms with Crippen molar-refractivity contribution in [2.45, 2.75) is 46.7 Å². The topological polar surface area (TPSA) is 27.6 Å².